The lowest BCUT2D eigenvalue weighted by Gasteiger charge is -2.26. The van der Waals surface area contributed by atoms with Crippen molar-refractivity contribution in [3.05, 3.63) is 0 Å². The molecule has 2 unspecified atom stereocenters. The van der Waals surface area contributed by atoms with Crippen LogP contribution in [0.5, 0.6) is 0 Å². The van der Waals surface area contributed by atoms with Gasteiger partial charge in [-0.25, -0.2) is 0 Å². The molecular weight excluding hydrogens is 198 g/mol. The van der Waals surface area contributed by atoms with Gasteiger partial charge in [0.15, 0.2) is 0 Å². The third kappa shape index (κ3) is 8.12. The van der Waals surface area contributed by atoms with Gasteiger partial charge in [0.1, 0.15) is 0 Å². The fourth-order valence-corrected chi connectivity index (χ4v) is 1.83. The summed E-state index contributed by atoms with van der Waals surface area (Å²) >= 11 is 0. The van der Waals surface area contributed by atoms with Crippen molar-refractivity contribution in [2.75, 3.05) is 13.2 Å². The van der Waals surface area contributed by atoms with Gasteiger partial charge in [-0.3, -0.25) is 0 Å². The fraction of sp³-hybridized carbons (Fsp3) is 1.00. The molecule has 0 aromatic rings. The zero-order valence-electron chi connectivity index (χ0n) is 12.1. The first-order chi connectivity index (χ1) is 7.40. The van der Waals surface area contributed by atoms with E-state index in [4.69, 9.17) is 4.74 Å². The molecule has 0 aromatic carbocycles. The molecular formula is C14H31NO. The molecule has 2 nitrogen and oxygen atoms in total. The summed E-state index contributed by atoms with van der Waals surface area (Å²) in [6.45, 7) is 15.1. The van der Waals surface area contributed by atoms with Crippen LogP contribution in [0, 0.1) is 5.92 Å². The van der Waals surface area contributed by atoms with Crippen LogP contribution < -0.4 is 5.32 Å². The van der Waals surface area contributed by atoms with Gasteiger partial charge in [0.2, 0.25) is 0 Å². The molecule has 0 fully saturated rings. The highest BCUT2D eigenvalue weighted by Crippen LogP contribution is 2.14. The Morgan fingerprint density at radius 2 is 1.81 bits per heavy atom. The fourth-order valence-electron chi connectivity index (χ4n) is 1.83. The Balaban J connectivity index is 3.79. The van der Waals surface area contributed by atoms with Crippen molar-refractivity contribution in [3.8, 4) is 0 Å². The zero-order valence-corrected chi connectivity index (χ0v) is 12.1. The van der Waals surface area contributed by atoms with Crippen LogP contribution in [0.25, 0.3) is 0 Å². The number of nitrogens with one attached hydrogen (secondary N) is 1. The van der Waals surface area contributed by atoms with E-state index in [-0.39, 0.29) is 5.60 Å². The lowest BCUT2D eigenvalue weighted by molar-refractivity contribution is -0.0102. The molecule has 0 bridgehead atoms. The largest absolute Gasteiger partial charge is 0.376 e. The number of hydrogen-bond acceptors (Lipinski definition) is 2. The van der Waals surface area contributed by atoms with Crippen molar-refractivity contribution in [1.29, 1.82) is 0 Å². The normalized spacial score (nSPS) is 16.1. The first-order valence-electron chi connectivity index (χ1n) is 6.78. The Morgan fingerprint density at radius 1 is 1.19 bits per heavy atom. The maximum absolute atomic E-state index is 5.77. The monoisotopic (exact) mass is 229 g/mol. The molecule has 0 aliphatic carbocycles. The van der Waals surface area contributed by atoms with Gasteiger partial charge in [-0.05, 0) is 52.5 Å². The molecule has 0 spiro atoms. The molecule has 2 heteroatoms. The molecule has 0 aliphatic heterocycles. The SMILES string of the molecule is CCCNC(CC)C(C)CCOC(C)(C)C. The first-order valence-corrected chi connectivity index (χ1v) is 6.78. The van der Waals surface area contributed by atoms with Crippen molar-refractivity contribution in [2.24, 2.45) is 5.92 Å². The van der Waals surface area contributed by atoms with Gasteiger partial charge in [-0.15, -0.1) is 0 Å². The molecule has 0 amide bonds. The van der Waals surface area contributed by atoms with Crippen molar-refractivity contribution in [3.63, 3.8) is 0 Å². The average molecular weight is 229 g/mol. The third-order valence-corrected chi connectivity index (χ3v) is 2.89. The zero-order chi connectivity index (χ0) is 12.6. The van der Waals surface area contributed by atoms with E-state index < -0.39 is 0 Å². The van der Waals surface area contributed by atoms with Crippen LogP contribution in [0.1, 0.15) is 60.8 Å². The first kappa shape index (κ1) is 15.9. The Hall–Kier alpha value is -0.0800. The molecule has 0 saturated heterocycles. The standard InChI is InChI=1S/C14H31NO/c1-7-10-15-13(8-2)12(3)9-11-16-14(4,5)6/h12-13,15H,7-11H2,1-6H3. The van der Waals surface area contributed by atoms with Crippen molar-refractivity contribution in [1.82, 2.24) is 5.32 Å². The summed E-state index contributed by atoms with van der Waals surface area (Å²) in [4.78, 5) is 0. The van der Waals surface area contributed by atoms with E-state index in [0.717, 1.165) is 19.6 Å². The lowest BCUT2D eigenvalue weighted by Crippen LogP contribution is -2.35. The summed E-state index contributed by atoms with van der Waals surface area (Å²) in [5.41, 5.74) is -0.00171. The lowest BCUT2D eigenvalue weighted by atomic mass is 9.96. The Labute approximate surface area is 102 Å². The summed E-state index contributed by atoms with van der Waals surface area (Å²) in [5, 5.41) is 3.61. The molecule has 0 aliphatic rings. The van der Waals surface area contributed by atoms with Crippen LogP contribution >= 0.6 is 0 Å². The summed E-state index contributed by atoms with van der Waals surface area (Å²) in [5.74, 6) is 0.693. The minimum atomic E-state index is -0.00171. The van der Waals surface area contributed by atoms with Gasteiger partial charge in [0.05, 0.1) is 5.60 Å². The van der Waals surface area contributed by atoms with Gasteiger partial charge >= 0.3 is 0 Å². The highest BCUT2D eigenvalue weighted by Gasteiger charge is 2.16. The quantitative estimate of drug-likeness (QED) is 0.686. The van der Waals surface area contributed by atoms with Crippen LogP contribution in [0.15, 0.2) is 0 Å². The Bertz CT molecular complexity index is 163. The summed E-state index contributed by atoms with van der Waals surface area (Å²) in [6, 6.07) is 0.642. The molecule has 0 saturated carbocycles. The molecule has 0 heterocycles. The maximum Gasteiger partial charge on any atom is 0.0598 e. The topological polar surface area (TPSA) is 21.3 Å². The second-order valence-electron chi connectivity index (χ2n) is 5.70. The highest BCUT2D eigenvalue weighted by molar-refractivity contribution is 4.72. The van der Waals surface area contributed by atoms with Crippen LogP contribution in [-0.2, 0) is 4.74 Å². The van der Waals surface area contributed by atoms with Gasteiger partial charge in [-0.2, -0.15) is 0 Å². The smallest absolute Gasteiger partial charge is 0.0598 e. The number of hydrogen-bond donors (Lipinski definition) is 1. The minimum absolute atomic E-state index is 0.00171. The summed E-state index contributed by atoms with van der Waals surface area (Å²) in [6.07, 6.45) is 3.56. The molecule has 1 N–H and O–H groups in total. The van der Waals surface area contributed by atoms with Crippen LogP contribution in [0.3, 0.4) is 0 Å². The van der Waals surface area contributed by atoms with Crippen LogP contribution in [-0.4, -0.2) is 24.8 Å². The molecule has 2 atom stereocenters. The summed E-state index contributed by atoms with van der Waals surface area (Å²) < 4.78 is 5.77. The van der Waals surface area contributed by atoms with Crippen molar-refractivity contribution in [2.45, 2.75) is 72.4 Å². The molecule has 16 heavy (non-hydrogen) atoms. The van der Waals surface area contributed by atoms with Crippen LogP contribution in [0.2, 0.25) is 0 Å². The predicted octanol–water partition coefficient (Wildman–Crippen LogP) is 3.61. The maximum atomic E-state index is 5.77. The number of ether oxygens (including phenoxy) is 1. The van der Waals surface area contributed by atoms with Crippen molar-refractivity contribution < 1.29 is 4.74 Å². The molecule has 98 valence electrons. The predicted molar refractivity (Wildman–Crippen MR) is 71.9 cm³/mol. The van der Waals surface area contributed by atoms with Gasteiger partial charge in [0.25, 0.3) is 0 Å². The molecule has 0 rings (SSSR count). The Kier molecular flexibility index (Phi) is 8.04. The van der Waals surface area contributed by atoms with Crippen molar-refractivity contribution >= 4 is 0 Å². The van der Waals surface area contributed by atoms with Gasteiger partial charge in [0, 0.05) is 12.6 Å². The third-order valence-electron chi connectivity index (χ3n) is 2.89. The van der Waals surface area contributed by atoms with E-state index in [1.54, 1.807) is 0 Å². The van der Waals surface area contributed by atoms with Crippen LogP contribution in [0.4, 0.5) is 0 Å². The van der Waals surface area contributed by atoms with Gasteiger partial charge < -0.3 is 10.1 Å². The van der Waals surface area contributed by atoms with E-state index in [2.05, 4.69) is 46.9 Å². The Morgan fingerprint density at radius 3 is 2.25 bits per heavy atom. The average Bonchev–Trinajstić information content (AvgIpc) is 2.17. The minimum Gasteiger partial charge on any atom is -0.376 e. The van der Waals surface area contributed by atoms with Gasteiger partial charge in [-0.1, -0.05) is 20.8 Å². The van der Waals surface area contributed by atoms with E-state index in [0.29, 0.717) is 12.0 Å². The second-order valence-corrected chi connectivity index (χ2v) is 5.70. The molecule has 0 radical (unpaired) electrons. The summed E-state index contributed by atoms with van der Waals surface area (Å²) in [7, 11) is 0. The van der Waals surface area contributed by atoms with E-state index in [1.807, 2.05) is 0 Å². The number of rotatable bonds is 8. The van der Waals surface area contributed by atoms with E-state index in [9.17, 15) is 0 Å². The highest BCUT2D eigenvalue weighted by atomic mass is 16.5. The van der Waals surface area contributed by atoms with E-state index in [1.165, 1.54) is 12.8 Å². The molecule has 0 aromatic heterocycles. The second kappa shape index (κ2) is 8.08. The van der Waals surface area contributed by atoms with E-state index >= 15 is 0 Å².